The Morgan fingerprint density at radius 1 is 0.923 bits per heavy atom. The Morgan fingerprint density at radius 3 is 2.18 bits per heavy atom. The third-order valence-electron chi connectivity index (χ3n) is 5.44. The molecule has 3 N–H and O–H groups in total. The molecule has 0 spiro atoms. The summed E-state index contributed by atoms with van der Waals surface area (Å²) in [5.41, 5.74) is -2.34. The first-order valence-corrected chi connectivity index (χ1v) is 11.0. The van der Waals surface area contributed by atoms with E-state index in [1.807, 2.05) is 0 Å². The van der Waals surface area contributed by atoms with Crippen LogP contribution in [0.25, 0.3) is 0 Å². The molecule has 16 heteroatoms. The van der Waals surface area contributed by atoms with Crippen LogP contribution in [0.3, 0.4) is 0 Å². The van der Waals surface area contributed by atoms with Gasteiger partial charge in [-0.2, -0.15) is 26.3 Å². The number of ether oxygens (including phenoxy) is 1. The maximum atomic E-state index is 13.3. The number of anilines is 2. The largest absolute Gasteiger partial charge is 0.451 e. The first-order valence-electron chi connectivity index (χ1n) is 11.0. The maximum Gasteiger partial charge on any atom is 0.451 e. The number of amides is 2. The maximum absolute atomic E-state index is 13.3. The van der Waals surface area contributed by atoms with Crippen LogP contribution in [0, 0.1) is 5.82 Å². The van der Waals surface area contributed by atoms with Crippen molar-refractivity contribution in [3.63, 3.8) is 0 Å². The lowest BCUT2D eigenvalue weighted by molar-refractivity contribution is -0.145. The summed E-state index contributed by atoms with van der Waals surface area (Å²) in [4.78, 5) is 34.9. The quantitative estimate of drug-likeness (QED) is 0.359. The predicted molar refractivity (Wildman–Crippen MR) is 119 cm³/mol. The van der Waals surface area contributed by atoms with Gasteiger partial charge in [0.1, 0.15) is 11.4 Å². The molecular formula is C23H17F7N6O3. The molecule has 0 bridgehead atoms. The minimum atomic E-state index is -4.78. The number of carbonyl (C=O) groups excluding carboxylic acids is 2. The van der Waals surface area contributed by atoms with Crippen molar-refractivity contribution in [3.05, 3.63) is 71.8 Å². The first kappa shape index (κ1) is 27.5. The van der Waals surface area contributed by atoms with Gasteiger partial charge in [0, 0.05) is 0 Å². The number of nitrogens with one attached hydrogen (secondary N) is 3. The Labute approximate surface area is 214 Å². The van der Waals surface area contributed by atoms with E-state index in [-0.39, 0.29) is 36.5 Å². The molecule has 1 aliphatic rings. The molecule has 39 heavy (non-hydrogen) atoms. The Morgan fingerprint density at radius 2 is 1.62 bits per heavy atom. The van der Waals surface area contributed by atoms with Gasteiger partial charge in [0.15, 0.2) is 5.75 Å². The fourth-order valence-electron chi connectivity index (χ4n) is 3.34. The molecule has 4 rings (SSSR count). The average molecular weight is 558 g/mol. The summed E-state index contributed by atoms with van der Waals surface area (Å²) in [5.74, 6) is -3.39. The van der Waals surface area contributed by atoms with E-state index < -0.39 is 47.1 Å². The topological polar surface area (TPSA) is 118 Å². The Bertz CT molecular complexity index is 1360. The Balaban J connectivity index is 1.30. The number of hydrogen-bond acceptors (Lipinski definition) is 7. The number of benzene rings is 1. The molecule has 2 amide bonds. The lowest BCUT2D eigenvalue weighted by atomic mass is 10.1. The minimum absolute atomic E-state index is 0.0886. The summed E-state index contributed by atoms with van der Waals surface area (Å²) in [5, 5.41) is 7.44. The molecule has 2 aromatic heterocycles. The molecule has 0 unspecified atom stereocenters. The van der Waals surface area contributed by atoms with Gasteiger partial charge in [-0.1, -0.05) is 0 Å². The van der Waals surface area contributed by atoms with E-state index in [0.717, 1.165) is 12.1 Å². The highest BCUT2D eigenvalue weighted by Crippen LogP contribution is 2.37. The number of pyridine rings is 1. The smallest absolute Gasteiger partial charge is 0.407 e. The molecule has 1 fully saturated rings. The molecular weight excluding hydrogens is 541 g/mol. The van der Waals surface area contributed by atoms with Gasteiger partial charge < -0.3 is 20.7 Å². The fraction of sp³-hybridized carbons (Fsp3) is 0.261. The number of halogens is 7. The number of nitrogens with zero attached hydrogens (tertiary/aromatic N) is 3. The van der Waals surface area contributed by atoms with Gasteiger partial charge >= 0.3 is 18.4 Å². The molecule has 2 heterocycles. The normalized spacial score (nSPS) is 14.3. The van der Waals surface area contributed by atoms with Crippen LogP contribution in [0.4, 0.5) is 46.9 Å². The van der Waals surface area contributed by atoms with Crippen molar-refractivity contribution in [1.29, 1.82) is 0 Å². The summed E-state index contributed by atoms with van der Waals surface area (Å²) >= 11 is 0. The number of rotatable bonds is 7. The van der Waals surface area contributed by atoms with Crippen molar-refractivity contribution < 1.29 is 45.1 Å². The van der Waals surface area contributed by atoms with Crippen LogP contribution in [0.15, 0.2) is 48.9 Å². The Kier molecular flexibility index (Phi) is 7.30. The van der Waals surface area contributed by atoms with Gasteiger partial charge in [-0.3, -0.25) is 9.78 Å². The molecule has 206 valence electrons. The lowest BCUT2D eigenvalue weighted by Crippen LogP contribution is -2.49. The summed E-state index contributed by atoms with van der Waals surface area (Å²) in [6, 6.07) is 5.04. The molecule has 3 aromatic rings. The SMILES string of the molecule is O=C(NC1(C(=O)NCc2ccc(Nc3ccc(F)cc3C(F)(F)F)cn2)CC1)Oc1cnc(C(F)(F)F)nc1. The fourth-order valence-corrected chi connectivity index (χ4v) is 3.34. The third kappa shape index (κ3) is 6.88. The van der Waals surface area contributed by atoms with Crippen molar-refractivity contribution in [3.8, 4) is 5.75 Å². The van der Waals surface area contributed by atoms with Crippen molar-refractivity contribution in [2.75, 3.05) is 5.32 Å². The van der Waals surface area contributed by atoms with E-state index in [1.54, 1.807) is 0 Å². The van der Waals surface area contributed by atoms with Crippen LogP contribution >= 0.6 is 0 Å². The van der Waals surface area contributed by atoms with Crippen molar-refractivity contribution in [2.24, 2.45) is 0 Å². The zero-order valence-electron chi connectivity index (χ0n) is 19.5. The second-order valence-electron chi connectivity index (χ2n) is 8.37. The highest BCUT2D eigenvalue weighted by molar-refractivity contribution is 5.93. The monoisotopic (exact) mass is 558 g/mol. The van der Waals surface area contributed by atoms with Crippen LogP contribution < -0.4 is 20.7 Å². The summed E-state index contributed by atoms with van der Waals surface area (Å²) in [6.07, 6.45) is -7.55. The summed E-state index contributed by atoms with van der Waals surface area (Å²) in [6.45, 7) is -0.0886. The highest BCUT2D eigenvalue weighted by atomic mass is 19.4. The van der Waals surface area contributed by atoms with Gasteiger partial charge in [0.2, 0.25) is 11.7 Å². The van der Waals surface area contributed by atoms with E-state index in [2.05, 4.69) is 30.9 Å². The van der Waals surface area contributed by atoms with E-state index in [9.17, 15) is 40.3 Å². The van der Waals surface area contributed by atoms with Crippen molar-refractivity contribution in [2.45, 2.75) is 37.3 Å². The number of alkyl halides is 6. The van der Waals surface area contributed by atoms with E-state index in [1.165, 1.54) is 18.3 Å². The predicted octanol–water partition coefficient (Wildman–Crippen LogP) is 4.73. The summed E-state index contributed by atoms with van der Waals surface area (Å²) < 4.78 is 95.2. The molecule has 0 radical (unpaired) electrons. The third-order valence-corrected chi connectivity index (χ3v) is 5.44. The molecule has 0 saturated heterocycles. The standard InChI is InChI=1S/C23H17F7N6O3/c24-12-1-4-17(16(7-12)22(25,26)27)35-14-3-2-13(31-9-14)8-34-19(37)21(5-6-21)36-20(38)39-15-10-32-18(33-11-15)23(28,29)30/h1-4,7,9-11,35H,5-6,8H2,(H,34,37)(H,36,38). The average Bonchev–Trinajstić information content (AvgIpc) is 3.64. The first-order chi connectivity index (χ1) is 18.2. The van der Waals surface area contributed by atoms with Crippen LogP contribution in [0.2, 0.25) is 0 Å². The van der Waals surface area contributed by atoms with Crippen LogP contribution in [-0.2, 0) is 23.7 Å². The molecule has 1 aromatic carbocycles. The summed E-state index contributed by atoms with van der Waals surface area (Å²) in [7, 11) is 0. The molecule has 0 aliphatic heterocycles. The van der Waals surface area contributed by atoms with Crippen LogP contribution in [0.5, 0.6) is 5.75 Å². The number of carbonyl (C=O) groups is 2. The van der Waals surface area contributed by atoms with Crippen LogP contribution in [0.1, 0.15) is 29.9 Å². The van der Waals surface area contributed by atoms with Crippen molar-refractivity contribution >= 4 is 23.4 Å². The molecule has 0 atom stereocenters. The van der Waals surface area contributed by atoms with E-state index in [4.69, 9.17) is 4.74 Å². The van der Waals surface area contributed by atoms with E-state index in [0.29, 0.717) is 24.2 Å². The number of aromatic nitrogens is 3. The Hall–Kier alpha value is -4.50. The van der Waals surface area contributed by atoms with Gasteiger partial charge in [-0.05, 0) is 43.2 Å². The second-order valence-corrected chi connectivity index (χ2v) is 8.37. The van der Waals surface area contributed by atoms with Crippen molar-refractivity contribution in [1.82, 2.24) is 25.6 Å². The van der Waals surface area contributed by atoms with Gasteiger partial charge in [0.25, 0.3) is 0 Å². The van der Waals surface area contributed by atoms with Gasteiger partial charge in [-0.25, -0.2) is 19.2 Å². The molecule has 1 aliphatic carbocycles. The minimum Gasteiger partial charge on any atom is -0.407 e. The lowest BCUT2D eigenvalue weighted by Gasteiger charge is -2.17. The zero-order valence-corrected chi connectivity index (χ0v) is 19.5. The second kappa shape index (κ2) is 10.3. The zero-order chi connectivity index (χ0) is 28.4. The van der Waals surface area contributed by atoms with Gasteiger partial charge in [0.05, 0.1) is 47.8 Å². The molecule has 9 nitrogen and oxygen atoms in total. The van der Waals surface area contributed by atoms with Gasteiger partial charge in [-0.15, -0.1) is 0 Å². The van der Waals surface area contributed by atoms with Crippen LogP contribution in [-0.4, -0.2) is 32.5 Å². The van der Waals surface area contributed by atoms with E-state index >= 15 is 0 Å². The number of hydrogen-bond donors (Lipinski definition) is 3. The highest BCUT2D eigenvalue weighted by Gasteiger charge is 2.51. The molecule has 1 saturated carbocycles.